The number of non-ortho nitro benzene ring substituents is 1. The second kappa shape index (κ2) is 6.62. The Morgan fingerprint density at radius 2 is 1.76 bits per heavy atom. The number of carbonyl (C=O) groups excluding carboxylic acids is 1. The maximum absolute atomic E-state index is 12.9. The third-order valence-corrected chi connectivity index (χ3v) is 4.41. The van der Waals surface area contributed by atoms with Crippen LogP contribution in [0.15, 0.2) is 59.0 Å². The van der Waals surface area contributed by atoms with Crippen LogP contribution in [0.5, 0.6) is 0 Å². The van der Waals surface area contributed by atoms with Crippen LogP contribution in [0.3, 0.4) is 0 Å². The molecule has 1 amide bonds. The van der Waals surface area contributed by atoms with Crippen molar-refractivity contribution in [2.24, 2.45) is 0 Å². The largest absolute Gasteiger partial charge is 0.457 e. The van der Waals surface area contributed by atoms with Gasteiger partial charge in [0.15, 0.2) is 0 Å². The average Bonchev–Trinajstić information content (AvgIpc) is 3.26. The molecule has 0 saturated heterocycles. The summed E-state index contributed by atoms with van der Waals surface area (Å²) < 4.78 is 44.2. The van der Waals surface area contributed by atoms with Gasteiger partial charge >= 0.3 is 6.18 Å². The van der Waals surface area contributed by atoms with Crippen LogP contribution in [0.1, 0.15) is 16.9 Å². The number of hydrogen-bond donors (Lipinski definition) is 1. The van der Waals surface area contributed by atoms with Crippen molar-refractivity contribution < 1.29 is 27.3 Å². The third-order valence-electron chi connectivity index (χ3n) is 4.41. The van der Waals surface area contributed by atoms with Gasteiger partial charge in [-0.05, 0) is 42.5 Å². The minimum Gasteiger partial charge on any atom is -0.457 e. The van der Waals surface area contributed by atoms with Crippen molar-refractivity contribution in [2.45, 2.75) is 6.18 Å². The predicted octanol–water partition coefficient (Wildman–Crippen LogP) is 5.37. The van der Waals surface area contributed by atoms with Gasteiger partial charge in [-0.25, -0.2) is 0 Å². The highest BCUT2D eigenvalue weighted by atomic mass is 19.4. The molecule has 0 radical (unpaired) electrons. The van der Waals surface area contributed by atoms with Crippen molar-refractivity contribution in [3.63, 3.8) is 0 Å². The van der Waals surface area contributed by atoms with E-state index in [2.05, 4.69) is 5.32 Å². The first-order chi connectivity index (χ1) is 13.7. The van der Waals surface area contributed by atoms with E-state index >= 15 is 0 Å². The minimum atomic E-state index is -4.51. The fourth-order valence-corrected chi connectivity index (χ4v) is 2.99. The fourth-order valence-electron chi connectivity index (χ4n) is 2.99. The van der Waals surface area contributed by atoms with Gasteiger partial charge in [0.05, 0.1) is 16.1 Å². The Labute approximate surface area is 161 Å². The summed E-state index contributed by atoms with van der Waals surface area (Å²) in [5, 5.41) is 13.2. The zero-order valence-corrected chi connectivity index (χ0v) is 14.5. The van der Waals surface area contributed by atoms with Gasteiger partial charge in [0.1, 0.15) is 11.5 Å². The summed E-state index contributed by atoms with van der Waals surface area (Å²) >= 11 is 0. The first-order valence-electron chi connectivity index (χ1n) is 8.32. The molecule has 1 aliphatic heterocycles. The molecule has 0 fully saturated rings. The van der Waals surface area contributed by atoms with Crippen LogP contribution in [-0.4, -0.2) is 10.8 Å². The van der Waals surface area contributed by atoms with Gasteiger partial charge in [0.25, 0.3) is 11.6 Å². The average molecular weight is 400 g/mol. The van der Waals surface area contributed by atoms with Crippen molar-refractivity contribution >= 4 is 28.9 Å². The second-order valence-electron chi connectivity index (χ2n) is 6.28. The summed E-state index contributed by atoms with van der Waals surface area (Å²) in [5.41, 5.74) is 0.301. The van der Waals surface area contributed by atoms with Gasteiger partial charge in [-0.3, -0.25) is 14.9 Å². The molecule has 4 rings (SSSR count). The molecular formula is C20H11F3N2O4. The smallest absolute Gasteiger partial charge is 0.416 e. The summed E-state index contributed by atoms with van der Waals surface area (Å²) in [7, 11) is 0. The number of furan rings is 1. The topological polar surface area (TPSA) is 85.4 Å². The van der Waals surface area contributed by atoms with Crippen LogP contribution < -0.4 is 5.32 Å². The van der Waals surface area contributed by atoms with Crippen LogP contribution in [0.25, 0.3) is 23.0 Å². The molecule has 0 unspecified atom stereocenters. The summed E-state index contributed by atoms with van der Waals surface area (Å²) in [6.07, 6.45) is -3.07. The van der Waals surface area contributed by atoms with E-state index < -0.39 is 22.6 Å². The predicted molar refractivity (Wildman–Crippen MR) is 98.7 cm³/mol. The Balaban J connectivity index is 1.65. The minimum absolute atomic E-state index is 0.0555. The van der Waals surface area contributed by atoms with Gasteiger partial charge in [0, 0.05) is 28.9 Å². The van der Waals surface area contributed by atoms with Gasteiger partial charge in [-0.15, -0.1) is 0 Å². The first kappa shape index (κ1) is 18.5. The molecule has 2 aromatic carbocycles. The Morgan fingerprint density at radius 3 is 2.41 bits per heavy atom. The lowest BCUT2D eigenvalue weighted by atomic mass is 10.0. The number of fused-ring (bicyclic) bond motifs is 1. The number of nitrogens with one attached hydrogen (secondary N) is 1. The van der Waals surface area contributed by atoms with Crippen LogP contribution in [0.4, 0.5) is 24.5 Å². The zero-order valence-electron chi connectivity index (χ0n) is 14.5. The molecule has 0 bridgehead atoms. The molecule has 29 heavy (non-hydrogen) atoms. The maximum atomic E-state index is 12.9. The molecule has 1 aliphatic rings. The molecule has 3 aromatic rings. The maximum Gasteiger partial charge on any atom is 0.416 e. The molecule has 146 valence electrons. The lowest BCUT2D eigenvalue weighted by Gasteiger charge is -2.07. The van der Waals surface area contributed by atoms with Crippen molar-refractivity contribution in [3.05, 3.63) is 81.6 Å². The number of hydrogen-bond acceptors (Lipinski definition) is 4. The van der Waals surface area contributed by atoms with E-state index in [0.717, 1.165) is 12.1 Å². The number of nitro benzene ring substituents is 1. The molecule has 0 spiro atoms. The highest BCUT2D eigenvalue weighted by molar-refractivity contribution is 6.34. The molecular weight excluding hydrogens is 389 g/mol. The number of nitrogens with zero attached hydrogens (tertiary/aromatic N) is 1. The molecule has 0 atom stereocenters. The van der Waals surface area contributed by atoms with E-state index in [-0.39, 0.29) is 16.9 Å². The molecule has 0 saturated carbocycles. The van der Waals surface area contributed by atoms with E-state index in [1.165, 1.54) is 36.4 Å². The van der Waals surface area contributed by atoms with Crippen LogP contribution in [0, 0.1) is 10.1 Å². The number of carbonyl (C=O) groups is 1. The Bertz CT molecular complexity index is 1160. The summed E-state index contributed by atoms with van der Waals surface area (Å²) in [6.45, 7) is 0. The second-order valence-corrected chi connectivity index (χ2v) is 6.28. The fraction of sp³-hybridized carbons (Fsp3) is 0.0500. The number of nitro groups is 1. The highest BCUT2D eigenvalue weighted by Crippen LogP contribution is 2.38. The van der Waals surface area contributed by atoms with E-state index in [0.29, 0.717) is 22.6 Å². The van der Waals surface area contributed by atoms with Gasteiger partial charge in [-0.2, -0.15) is 13.2 Å². The molecule has 1 N–H and O–H groups in total. The molecule has 6 nitrogen and oxygen atoms in total. The number of halogens is 3. The van der Waals surface area contributed by atoms with Crippen molar-refractivity contribution in [2.75, 3.05) is 5.32 Å². The number of alkyl halides is 3. The molecule has 0 aliphatic carbocycles. The normalized spacial score (nSPS) is 14.7. The number of amides is 1. The summed E-state index contributed by atoms with van der Waals surface area (Å²) in [5.74, 6) is 0.210. The van der Waals surface area contributed by atoms with Crippen molar-refractivity contribution in [1.29, 1.82) is 0 Å². The lowest BCUT2D eigenvalue weighted by Crippen LogP contribution is -2.06. The summed E-state index contributed by atoms with van der Waals surface area (Å²) in [4.78, 5) is 22.4. The van der Waals surface area contributed by atoms with E-state index in [1.54, 1.807) is 12.1 Å². The number of rotatable bonds is 3. The van der Waals surface area contributed by atoms with Gasteiger partial charge < -0.3 is 9.73 Å². The Morgan fingerprint density at radius 1 is 1.03 bits per heavy atom. The van der Waals surface area contributed by atoms with Crippen molar-refractivity contribution in [1.82, 2.24) is 0 Å². The summed E-state index contributed by atoms with van der Waals surface area (Å²) in [6, 6.07) is 12.0. The van der Waals surface area contributed by atoms with Crippen LogP contribution >= 0.6 is 0 Å². The van der Waals surface area contributed by atoms with E-state index in [1.807, 2.05) is 0 Å². The first-order valence-corrected chi connectivity index (χ1v) is 8.32. The lowest BCUT2D eigenvalue weighted by molar-refractivity contribution is -0.384. The Hall–Kier alpha value is -3.88. The van der Waals surface area contributed by atoms with Gasteiger partial charge in [-0.1, -0.05) is 6.07 Å². The third kappa shape index (κ3) is 3.49. The molecule has 2 heterocycles. The quantitative estimate of drug-likeness (QED) is 0.364. The van der Waals surface area contributed by atoms with Crippen LogP contribution in [0.2, 0.25) is 0 Å². The SMILES string of the molecule is O=C1Nc2cc(C(F)(F)F)ccc2/C1=C/c1ccc(-c2ccc([N+](=O)[O-])cc2)o1. The van der Waals surface area contributed by atoms with Gasteiger partial charge in [0.2, 0.25) is 0 Å². The number of benzene rings is 2. The molecule has 1 aromatic heterocycles. The highest BCUT2D eigenvalue weighted by Gasteiger charge is 2.33. The number of anilines is 1. The van der Waals surface area contributed by atoms with Crippen LogP contribution in [-0.2, 0) is 11.0 Å². The van der Waals surface area contributed by atoms with E-state index in [9.17, 15) is 28.1 Å². The zero-order chi connectivity index (χ0) is 20.8. The van der Waals surface area contributed by atoms with Crippen molar-refractivity contribution in [3.8, 4) is 11.3 Å². The standard InChI is InChI=1S/C20H11F3N2O4/c21-20(22,23)12-3-7-15-16(19(26)24-17(15)9-12)10-14-6-8-18(29-14)11-1-4-13(5-2-11)25(27)28/h1-10H,(H,24,26)/b16-10-. The molecule has 9 heteroatoms. The monoisotopic (exact) mass is 400 g/mol. The Kier molecular flexibility index (Phi) is 4.22. The van der Waals surface area contributed by atoms with E-state index in [4.69, 9.17) is 4.42 Å².